The second-order valence-electron chi connectivity index (χ2n) is 7.24. The second kappa shape index (κ2) is 8.83. The highest BCUT2D eigenvalue weighted by molar-refractivity contribution is 7.92. The van der Waals surface area contributed by atoms with E-state index in [2.05, 4.69) is 10.0 Å². The zero-order valence-electron chi connectivity index (χ0n) is 16.3. The first-order valence-corrected chi connectivity index (χ1v) is 12.6. The van der Waals surface area contributed by atoms with Gasteiger partial charge < -0.3 is 5.32 Å². The molecular weight excluding hydrogens is 431 g/mol. The maximum absolute atomic E-state index is 13.8. The molecule has 1 saturated carbocycles. The summed E-state index contributed by atoms with van der Waals surface area (Å²) in [7, 11) is -7.74. The van der Waals surface area contributed by atoms with Gasteiger partial charge >= 0.3 is 0 Å². The molecule has 7 nitrogen and oxygen atoms in total. The van der Waals surface area contributed by atoms with Crippen LogP contribution in [0, 0.1) is 5.82 Å². The molecule has 0 unspecified atom stereocenters. The van der Waals surface area contributed by atoms with Crippen LogP contribution in [0.2, 0.25) is 0 Å². The molecule has 10 heteroatoms. The van der Waals surface area contributed by atoms with E-state index in [0.29, 0.717) is 12.8 Å². The zero-order chi connectivity index (χ0) is 21.9. The predicted molar refractivity (Wildman–Crippen MR) is 111 cm³/mol. The van der Waals surface area contributed by atoms with E-state index in [1.54, 1.807) is 0 Å². The average Bonchev–Trinajstić information content (AvgIpc) is 3.23. The first-order chi connectivity index (χ1) is 14.1. The van der Waals surface area contributed by atoms with Gasteiger partial charge in [-0.25, -0.2) is 21.2 Å². The van der Waals surface area contributed by atoms with Crippen LogP contribution in [0.5, 0.6) is 0 Å². The van der Waals surface area contributed by atoms with Gasteiger partial charge in [0, 0.05) is 5.69 Å². The molecule has 1 atom stereocenters. The number of hydrogen-bond donors (Lipinski definition) is 2. The highest BCUT2D eigenvalue weighted by Gasteiger charge is 2.30. The number of sulfonamides is 1. The number of sulfone groups is 1. The number of hydrogen-bond acceptors (Lipinski definition) is 5. The van der Waals surface area contributed by atoms with Gasteiger partial charge in [-0.2, -0.15) is 4.72 Å². The molecule has 2 aromatic rings. The molecule has 1 fully saturated rings. The quantitative estimate of drug-likeness (QED) is 0.669. The first-order valence-electron chi connectivity index (χ1n) is 9.53. The molecule has 1 aliphatic carbocycles. The van der Waals surface area contributed by atoms with Gasteiger partial charge in [-0.15, -0.1) is 0 Å². The molecule has 30 heavy (non-hydrogen) atoms. The van der Waals surface area contributed by atoms with Crippen LogP contribution in [0.15, 0.2) is 58.3 Å². The lowest BCUT2D eigenvalue weighted by Crippen LogP contribution is -2.41. The van der Waals surface area contributed by atoms with Gasteiger partial charge in [0.25, 0.3) is 0 Å². The Morgan fingerprint density at radius 2 is 1.70 bits per heavy atom. The molecule has 0 radical (unpaired) electrons. The van der Waals surface area contributed by atoms with Crippen molar-refractivity contribution in [1.29, 1.82) is 0 Å². The van der Waals surface area contributed by atoms with E-state index in [1.165, 1.54) is 43.3 Å². The van der Waals surface area contributed by atoms with Crippen LogP contribution in [0.25, 0.3) is 0 Å². The lowest BCUT2D eigenvalue weighted by atomic mass is 10.3. The van der Waals surface area contributed by atoms with Crippen LogP contribution in [-0.4, -0.2) is 34.0 Å². The lowest BCUT2D eigenvalue weighted by molar-refractivity contribution is -0.117. The summed E-state index contributed by atoms with van der Waals surface area (Å²) >= 11 is 0. The molecular formula is C20H23FN2O5S2. The fraction of sp³-hybridized carbons (Fsp3) is 0.350. The Balaban J connectivity index is 1.72. The number of nitrogens with one attached hydrogen (secondary N) is 2. The minimum Gasteiger partial charge on any atom is -0.325 e. The van der Waals surface area contributed by atoms with Crippen LogP contribution in [0.1, 0.15) is 32.6 Å². The normalized spacial score (nSPS) is 16.3. The van der Waals surface area contributed by atoms with E-state index in [-0.39, 0.29) is 10.6 Å². The van der Waals surface area contributed by atoms with Gasteiger partial charge in [0.15, 0.2) is 9.84 Å². The standard InChI is InChI=1S/C20H23FN2O5S2/c1-14(23-30(27,28)19-12-5-4-11-18(19)21)20(24)22-15-7-6-10-17(13-15)29(25,26)16-8-2-3-9-16/h4-7,10-14,16,23H,2-3,8-9H2,1H3,(H,22,24)/t14-/m0/s1. The van der Waals surface area contributed by atoms with Crippen molar-refractivity contribution in [3.8, 4) is 0 Å². The number of benzene rings is 2. The molecule has 2 N–H and O–H groups in total. The van der Waals surface area contributed by atoms with Crippen molar-refractivity contribution in [2.45, 2.75) is 53.7 Å². The van der Waals surface area contributed by atoms with E-state index in [4.69, 9.17) is 0 Å². The summed E-state index contributed by atoms with van der Waals surface area (Å²) in [5.41, 5.74) is 0.232. The number of carbonyl (C=O) groups is 1. The Kier molecular flexibility index (Phi) is 6.59. The minimum atomic E-state index is -4.25. The number of anilines is 1. The molecule has 0 saturated heterocycles. The van der Waals surface area contributed by atoms with Crippen LogP contribution < -0.4 is 10.0 Å². The molecule has 3 rings (SSSR count). The highest BCUT2D eigenvalue weighted by Crippen LogP contribution is 2.30. The first kappa shape index (κ1) is 22.4. The van der Waals surface area contributed by atoms with Crippen LogP contribution >= 0.6 is 0 Å². The predicted octanol–water partition coefficient (Wildman–Crippen LogP) is 2.85. The molecule has 1 aliphatic rings. The van der Waals surface area contributed by atoms with Crippen molar-refractivity contribution in [2.24, 2.45) is 0 Å². The summed E-state index contributed by atoms with van der Waals surface area (Å²) in [6.45, 7) is 1.31. The summed E-state index contributed by atoms with van der Waals surface area (Å²) in [5.74, 6) is -1.63. The summed E-state index contributed by atoms with van der Waals surface area (Å²) in [4.78, 5) is 12.0. The second-order valence-corrected chi connectivity index (χ2v) is 11.2. The van der Waals surface area contributed by atoms with Gasteiger partial charge in [0.1, 0.15) is 10.7 Å². The number of amides is 1. The Morgan fingerprint density at radius 1 is 1.03 bits per heavy atom. The third-order valence-electron chi connectivity index (χ3n) is 5.02. The van der Waals surface area contributed by atoms with E-state index in [0.717, 1.165) is 25.0 Å². The molecule has 0 aliphatic heterocycles. The number of halogens is 1. The molecule has 0 heterocycles. The molecule has 0 aromatic heterocycles. The SMILES string of the molecule is C[C@H](NS(=O)(=O)c1ccccc1F)C(=O)Nc1cccc(S(=O)(=O)C2CCCC2)c1. The summed E-state index contributed by atoms with van der Waals surface area (Å²) in [6, 6.07) is 9.50. The molecule has 1 amide bonds. The van der Waals surface area contributed by atoms with E-state index in [1.807, 2.05) is 0 Å². The fourth-order valence-corrected chi connectivity index (χ4v) is 6.59. The van der Waals surface area contributed by atoms with E-state index < -0.39 is 47.8 Å². The Morgan fingerprint density at radius 3 is 2.37 bits per heavy atom. The van der Waals surface area contributed by atoms with E-state index in [9.17, 15) is 26.0 Å². The largest absolute Gasteiger partial charge is 0.325 e. The van der Waals surface area contributed by atoms with Gasteiger partial charge in [0.2, 0.25) is 15.9 Å². The maximum Gasteiger partial charge on any atom is 0.244 e. The number of rotatable bonds is 7. The van der Waals surface area contributed by atoms with Gasteiger partial charge in [-0.05, 0) is 50.1 Å². The van der Waals surface area contributed by atoms with Crippen molar-refractivity contribution < 1.29 is 26.0 Å². The van der Waals surface area contributed by atoms with Crippen LogP contribution in [0.4, 0.5) is 10.1 Å². The third kappa shape index (κ3) is 4.88. The molecule has 0 spiro atoms. The summed E-state index contributed by atoms with van der Waals surface area (Å²) in [6.07, 6.45) is 2.99. The van der Waals surface area contributed by atoms with Crippen molar-refractivity contribution in [2.75, 3.05) is 5.32 Å². The van der Waals surface area contributed by atoms with Crippen molar-refractivity contribution in [3.05, 3.63) is 54.3 Å². The van der Waals surface area contributed by atoms with Crippen molar-refractivity contribution >= 4 is 31.5 Å². The minimum absolute atomic E-state index is 0.117. The molecule has 2 aromatic carbocycles. The van der Waals surface area contributed by atoms with Crippen molar-refractivity contribution in [1.82, 2.24) is 4.72 Å². The highest BCUT2D eigenvalue weighted by atomic mass is 32.2. The fourth-order valence-electron chi connectivity index (χ4n) is 3.40. The monoisotopic (exact) mass is 454 g/mol. The van der Waals surface area contributed by atoms with Crippen LogP contribution in [0.3, 0.4) is 0 Å². The Bertz CT molecular complexity index is 1140. The van der Waals surface area contributed by atoms with E-state index >= 15 is 0 Å². The maximum atomic E-state index is 13.8. The smallest absolute Gasteiger partial charge is 0.244 e. The van der Waals surface area contributed by atoms with Crippen molar-refractivity contribution in [3.63, 3.8) is 0 Å². The van der Waals surface area contributed by atoms with Crippen LogP contribution in [-0.2, 0) is 24.7 Å². The lowest BCUT2D eigenvalue weighted by Gasteiger charge is -2.16. The third-order valence-corrected chi connectivity index (χ3v) is 8.86. The Labute approximate surface area is 175 Å². The number of carbonyl (C=O) groups excluding carboxylic acids is 1. The molecule has 0 bridgehead atoms. The van der Waals surface area contributed by atoms with Gasteiger partial charge in [-0.3, -0.25) is 4.79 Å². The summed E-state index contributed by atoms with van der Waals surface area (Å²) < 4.78 is 66.1. The Hall–Kier alpha value is -2.30. The molecule has 162 valence electrons. The van der Waals surface area contributed by atoms with Gasteiger partial charge in [0.05, 0.1) is 16.2 Å². The summed E-state index contributed by atoms with van der Waals surface area (Å²) in [5, 5.41) is 2.09. The average molecular weight is 455 g/mol. The van der Waals surface area contributed by atoms with Gasteiger partial charge in [-0.1, -0.05) is 31.0 Å². The zero-order valence-corrected chi connectivity index (χ0v) is 18.0. The topological polar surface area (TPSA) is 109 Å².